The summed E-state index contributed by atoms with van der Waals surface area (Å²) in [6, 6.07) is 0. The average molecular weight is 651 g/mol. The number of hydrogen-bond donors (Lipinski definition) is 0. The molecule has 0 N–H and O–H groups in total. The fourth-order valence-corrected chi connectivity index (χ4v) is 6.96. The smallest absolute Gasteiger partial charge is 0.310 e. The Hall–Kier alpha value is -2.28. The number of rotatable bonds is 21. The van der Waals surface area contributed by atoms with E-state index >= 15 is 0 Å². The van der Waals surface area contributed by atoms with Crippen LogP contribution in [-0.2, 0) is 57.1 Å². The number of carbonyl (C=O) groups excluding carboxylic acids is 4. The first-order chi connectivity index (χ1) is 22.5. The molecule has 0 radical (unpaired) electrons. The van der Waals surface area contributed by atoms with Crippen molar-refractivity contribution in [2.75, 3.05) is 39.6 Å². The number of ether oxygens (including phenoxy) is 8. The number of epoxide rings is 4. The molecule has 4 heterocycles. The Morgan fingerprint density at radius 1 is 0.435 bits per heavy atom. The van der Waals surface area contributed by atoms with E-state index < -0.39 is 23.7 Å². The summed E-state index contributed by atoms with van der Waals surface area (Å²) in [5, 5.41) is 0. The van der Waals surface area contributed by atoms with Crippen LogP contribution in [0.2, 0.25) is 0 Å². The molecule has 0 spiro atoms. The predicted octanol–water partition coefficient (Wildman–Crippen LogP) is 3.45. The van der Waals surface area contributed by atoms with Gasteiger partial charge in [-0.3, -0.25) is 19.2 Å². The number of fused-ring (bicyclic) bond motifs is 2. The molecule has 0 aromatic heterocycles. The van der Waals surface area contributed by atoms with Gasteiger partial charge in [0, 0.05) is 0 Å². The molecule has 10 unspecified atom stereocenters. The Morgan fingerprint density at radius 3 is 1.02 bits per heavy atom. The van der Waals surface area contributed by atoms with Crippen LogP contribution in [0.4, 0.5) is 0 Å². The van der Waals surface area contributed by atoms with Crippen molar-refractivity contribution in [3.8, 4) is 0 Å². The minimum absolute atomic E-state index is 0.00235. The van der Waals surface area contributed by atoms with E-state index in [1.165, 1.54) is 12.8 Å². The zero-order chi connectivity index (χ0) is 31.9. The first kappa shape index (κ1) is 33.6. The van der Waals surface area contributed by atoms with Crippen LogP contribution in [-0.4, -0.2) is 100 Å². The van der Waals surface area contributed by atoms with E-state index in [0.29, 0.717) is 52.1 Å². The van der Waals surface area contributed by atoms with Crippen LogP contribution < -0.4 is 0 Å². The third kappa shape index (κ3) is 10.1. The van der Waals surface area contributed by atoms with Gasteiger partial charge in [0.15, 0.2) is 0 Å². The van der Waals surface area contributed by atoms with Gasteiger partial charge in [0.25, 0.3) is 0 Å². The lowest BCUT2D eigenvalue weighted by atomic mass is 9.79. The molecule has 4 saturated heterocycles. The number of unbranched alkanes of at least 4 members (excludes halogenated alkanes) is 9. The van der Waals surface area contributed by atoms with E-state index in [-0.39, 0.29) is 73.7 Å². The molecule has 46 heavy (non-hydrogen) atoms. The molecule has 0 aromatic carbocycles. The van der Waals surface area contributed by atoms with Crippen molar-refractivity contribution in [1.82, 2.24) is 0 Å². The minimum Gasteiger partial charge on any atom is -0.465 e. The van der Waals surface area contributed by atoms with Crippen molar-refractivity contribution in [1.29, 1.82) is 0 Å². The summed E-state index contributed by atoms with van der Waals surface area (Å²) in [6.07, 6.45) is 12.9. The number of hydrogen-bond acceptors (Lipinski definition) is 12. The van der Waals surface area contributed by atoms with Gasteiger partial charge in [0.1, 0.15) is 25.4 Å². The molecule has 0 amide bonds. The molecule has 0 aromatic rings. The Kier molecular flexibility index (Phi) is 11.8. The van der Waals surface area contributed by atoms with Crippen molar-refractivity contribution >= 4 is 23.9 Å². The molecule has 10 atom stereocenters. The van der Waals surface area contributed by atoms with Crippen LogP contribution in [0, 0.1) is 23.7 Å². The van der Waals surface area contributed by atoms with Crippen molar-refractivity contribution in [3.63, 3.8) is 0 Å². The van der Waals surface area contributed by atoms with E-state index in [2.05, 4.69) is 0 Å². The van der Waals surface area contributed by atoms with Gasteiger partial charge in [0.05, 0.1) is 74.5 Å². The Bertz CT molecular complexity index is 975. The largest absolute Gasteiger partial charge is 0.465 e. The molecule has 6 aliphatic rings. The van der Waals surface area contributed by atoms with Crippen LogP contribution in [0.15, 0.2) is 0 Å². The maximum absolute atomic E-state index is 12.8. The third-order valence-electron chi connectivity index (χ3n) is 10.2. The minimum atomic E-state index is -0.495. The van der Waals surface area contributed by atoms with Crippen LogP contribution in [0.25, 0.3) is 0 Å². The first-order valence-corrected chi connectivity index (χ1v) is 17.7. The lowest BCUT2D eigenvalue weighted by molar-refractivity contribution is -0.162. The summed E-state index contributed by atoms with van der Waals surface area (Å²) in [6.45, 7) is 2.50. The molecule has 12 heteroatoms. The van der Waals surface area contributed by atoms with Crippen molar-refractivity contribution in [2.24, 2.45) is 23.7 Å². The molecule has 6 rings (SSSR count). The number of esters is 4. The second-order valence-electron chi connectivity index (χ2n) is 13.8. The van der Waals surface area contributed by atoms with Crippen molar-refractivity contribution in [2.45, 2.75) is 127 Å². The normalized spacial score (nSPS) is 34.8. The highest BCUT2D eigenvalue weighted by atomic mass is 16.6. The molecule has 2 aliphatic carbocycles. The van der Waals surface area contributed by atoms with E-state index in [4.69, 9.17) is 37.9 Å². The highest BCUT2D eigenvalue weighted by molar-refractivity contribution is 5.83. The molecule has 258 valence electrons. The third-order valence-corrected chi connectivity index (χ3v) is 10.2. The average Bonchev–Trinajstić information content (AvgIpc) is 3.87. The lowest BCUT2D eigenvalue weighted by Gasteiger charge is -2.26. The van der Waals surface area contributed by atoms with E-state index in [9.17, 15) is 19.2 Å². The first-order valence-electron chi connectivity index (χ1n) is 17.7. The van der Waals surface area contributed by atoms with Gasteiger partial charge < -0.3 is 37.9 Å². The molecule has 12 nitrogen and oxygen atoms in total. The standard InChI is InChI=1S/C34H50O12/c35-31(23-13-27-29(45-27)15-25(23)33(37)43-19-21-17-41-21)39-11-9-7-5-3-1-2-4-6-8-10-12-40-32(36)24-14-28-30(46-28)16-26(24)34(38)44-20-22-18-42-22/h21-30H,1-20H2. The SMILES string of the molecule is O=C(OCCCCCCCCCCCCOC(=O)C1CC2OC2CC1C(=O)OCC1CO1)C1CC2OC2CC1C(=O)OCC1CO1. The molecule has 0 bridgehead atoms. The summed E-state index contributed by atoms with van der Waals surface area (Å²) < 4.78 is 43.2. The molecular weight excluding hydrogens is 600 g/mol. The maximum Gasteiger partial charge on any atom is 0.310 e. The quantitative estimate of drug-likeness (QED) is 0.0773. The van der Waals surface area contributed by atoms with E-state index in [1.54, 1.807) is 0 Å². The van der Waals surface area contributed by atoms with Crippen molar-refractivity contribution in [3.05, 3.63) is 0 Å². The molecule has 2 saturated carbocycles. The second kappa shape index (κ2) is 16.2. The fraction of sp³-hybridized carbons (Fsp3) is 0.882. The van der Waals surface area contributed by atoms with Gasteiger partial charge >= 0.3 is 23.9 Å². The van der Waals surface area contributed by atoms with Gasteiger partial charge in [-0.05, 0) is 38.5 Å². The van der Waals surface area contributed by atoms with Gasteiger partial charge in [0.2, 0.25) is 0 Å². The van der Waals surface area contributed by atoms with E-state index in [1.807, 2.05) is 0 Å². The lowest BCUT2D eigenvalue weighted by Crippen LogP contribution is -2.38. The zero-order valence-corrected chi connectivity index (χ0v) is 26.8. The maximum atomic E-state index is 12.8. The van der Waals surface area contributed by atoms with Gasteiger partial charge in [-0.2, -0.15) is 0 Å². The fourth-order valence-electron chi connectivity index (χ4n) is 6.96. The summed E-state index contributed by atoms with van der Waals surface area (Å²) in [5.41, 5.74) is 0. The second-order valence-corrected chi connectivity index (χ2v) is 13.8. The molecule has 4 aliphatic heterocycles. The summed E-state index contributed by atoms with van der Waals surface area (Å²) in [5.74, 6) is -3.27. The van der Waals surface area contributed by atoms with Gasteiger partial charge in [-0.15, -0.1) is 0 Å². The Balaban J connectivity index is 0.739. The van der Waals surface area contributed by atoms with Gasteiger partial charge in [-0.1, -0.05) is 51.4 Å². The van der Waals surface area contributed by atoms with Gasteiger partial charge in [-0.25, -0.2) is 0 Å². The van der Waals surface area contributed by atoms with Crippen LogP contribution in [0.3, 0.4) is 0 Å². The Morgan fingerprint density at radius 2 is 0.717 bits per heavy atom. The summed E-state index contributed by atoms with van der Waals surface area (Å²) in [4.78, 5) is 50.7. The molecular formula is C34H50O12. The zero-order valence-electron chi connectivity index (χ0n) is 26.8. The summed E-state index contributed by atoms with van der Waals surface area (Å²) >= 11 is 0. The van der Waals surface area contributed by atoms with Crippen LogP contribution in [0.1, 0.15) is 89.9 Å². The topological polar surface area (TPSA) is 155 Å². The monoisotopic (exact) mass is 650 g/mol. The van der Waals surface area contributed by atoms with Crippen molar-refractivity contribution < 1.29 is 57.1 Å². The van der Waals surface area contributed by atoms with Crippen LogP contribution in [0.5, 0.6) is 0 Å². The highest BCUT2D eigenvalue weighted by Crippen LogP contribution is 2.45. The van der Waals surface area contributed by atoms with E-state index in [0.717, 1.165) is 51.4 Å². The predicted molar refractivity (Wildman–Crippen MR) is 159 cm³/mol. The molecule has 6 fully saturated rings. The Labute approximate surface area is 270 Å². The summed E-state index contributed by atoms with van der Waals surface area (Å²) in [7, 11) is 0. The van der Waals surface area contributed by atoms with Crippen LogP contribution >= 0.6 is 0 Å². The number of carbonyl (C=O) groups is 4. The highest BCUT2D eigenvalue weighted by Gasteiger charge is 2.55.